The molecule has 0 saturated carbocycles. The predicted octanol–water partition coefficient (Wildman–Crippen LogP) is 4.41. The molecule has 0 spiro atoms. The van der Waals surface area contributed by atoms with Crippen molar-refractivity contribution in [1.29, 1.82) is 0 Å². The fraction of sp³-hybridized carbons (Fsp3) is 0.865. The second-order valence-electron chi connectivity index (χ2n) is 16.6. The van der Waals surface area contributed by atoms with E-state index in [1.807, 2.05) is 82.4 Å². The fourth-order valence-electron chi connectivity index (χ4n) is 5.39. The van der Waals surface area contributed by atoms with E-state index < -0.39 is 48.0 Å². The summed E-state index contributed by atoms with van der Waals surface area (Å²) in [5.74, 6) is -0.939. The van der Waals surface area contributed by atoms with Gasteiger partial charge in [0.1, 0.15) is 18.1 Å². The number of carbonyl (C=O) groups excluding carboxylic acids is 5. The van der Waals surface area contributed by atoms with Gasteiger partial charge in [0.05, 0.1) is 12.1 Å². The molecule has 0 aromatic rings. The Morgan fingerprint density at radius 1 is 0.612 bits per heavy atom. The van der Waals surface area contributed by atoms with Crippen LogP contribution in [0.1, 0.15) is 122 Å². The average molecular weight is 714 g/mol. The zero-order valence-electron chi connectivity index (χ0n) is 32.8. The number of carbonyl (C=O) groups is 5. The molecular weight excluding hydrogens is 643 g/mol. The van der Waals surface area contributed by atoms with E-state index in [1.54, 1.807) is 18.7 Å². The van der Waals surface area contributed by atoms with Crippen molar-refractivity contribution < 1.29 is 29.1 Å². The summed E-state index contributed by atoms with van der Waals surface area (Å²) in [4.78, 5) is 66.1. The highest BCUT2D eigenvalue weighted by Gasteiger charge is 2.33. The Morgan fingerprint density at radius 2 is 1.10 bits per heavy atom. The van der Waals surface area contributed by atoms with Gasteiger partial charge < -0.3 is 31.7 Å². The van der Waals surface area contributed by atoms with Crippen molar-refractivity contribution in [2.45, 2.75) is 152 Å². The van der Waals surface area contributed by atoms with E-state index in [0.29, 0.717) is 38.0 Å². The molecule has 0 fully saturated rings. The van der Waals surface area contributed by atoms with Gasteiger partial charge in [0.25, 0.3) is 0 Å². The number of nitrogens with one attached hydrogen (secondary N) is 5. The quantitative estimate of drug-likeness (QED) is 0.0913. The predicted molar refractivity (Wildman–Crippen MR) is 201 cm³/mol. The molecule has 6 atom stereocenters. The summed E-state index contributed by atoms with van der Waals surface area (Å²) in [5.41, 5.74) is -0.244. The number of hydrogen-bond donors (Lipinski definition) is 6. The van der Waals surface area contributed by atoms with Crippen molar-refractivity contribution in [3.8, 4) is 0 Å². The van der Waals surface area contributed by atoms with Crippen LogP contribution in [0.15, 0.2) is 0 Å². The average Bonchev–Trinajstić information content (AvgIpc) is 2.94. The molecule has 6 N–H and O–H groups in total. The molecule has 0 aromatic carbocycles. The van der Waals surface area contributed by atoms with Gasteiger partial charge in [-0.1, -0.05) is 83.1 Å². The maximum Gasteiger partial charge on any atom is 0.243 e. The second kappa shape index (κ2) is 23.2. The molecule has 0 unspecified atom stereocenters. The van der Waals surface area contributed by atoms with Gasteiger partial charge in [-0.2, -0.15) is 11.8 Å². The van der Waals surface area contributed by atoms with Crippen LogP contribution in [0.4, 0.5) is 0 Å². The summed E-state index contributed by atoms with van der Waals surface area (Å²) in [6.45, 7) is 24.0. The van der Waals surface area contributed by atoms with Crippen LogP contribution in [0.3, 0.4) is 0 Å². The highest BCUT2D eigenvalue weighted by Crippen LogP contribution is 2.19. The van der Waals surface area contributed by atoms with Gasteiger partial charge in [-0.3, -0.25) is 24.0 Å². The van der Waals surface area contributed by atoms with Gasteiger partial charge in [-0.15, -0.1) is 0 Å². The highest BCUT2D eigenvalue weighted by molar-refractivity contribution is 7.98. The van der Waals surface area contributed by atoms with Crippen molar-refractivity contribution in [1.82, 2.24) is 26.6 Å². The van der Waals surface area contributed by atoms with E-state index in [0.717, 1.165) is 0 Å². The molecule has 286 valence electrons. The third-order valence-corrected chi connectivity index (χ3v) is 8.52. The summed E-state index contributed by atoms with van der Waals surface area (Å²) in [6, 6.07) is -3.02. The molecular formula is C37H71N5O6S. The van der Waals surface area contributed by atoms with Crippen molar-refractivity contribution in [3.05, 3.63) is 0 Å². The Hall–Kier alpha value is -2.34. The largest absolute Gasteiger partial charge is 0.391 e. The molecule has 0 aliphatic heterocycles. The second-order valence-corrected chi connectivity index (χ2v) is 17.6. The number of hydrogen-bond acceptors (Lipinski definition) is 7. The Morgan fingerprint density at radius 3 is 1.57 bits per heavy atom. The van der Waals surface area contributed by atoms with Gasteiger partial charge in [0, 0.05) is 18.9 Å². The molecule has 49 heavy (non-hydrogen) atoms. The zero-order chi connectivity index (χ0) is 38.1. The van der Waals surface area contributed by atoms with Crippen LogP contribution in [0, 0.1) is 35.0 Å². The van der Waals surface area contributed by atoms with Gasteiger partial charge in [-0.05, 0) is 73.2 Å². The molecule has 0 bridgehead atoms. The van der Waals surface area contributed by atoms with Crippen LogP contribution < -0.4 is 26.6 Å². The molecule has 0 radical (unpaired) electrons. The lowest BCUT2D eigenvalue weighted by atomic mass is 9.91. The SMILES string of the molecule is CSCC[C@H](NC(=O)[C@H](CC(C)C)NC(=O)CC(C)(C)C)C(=O)N[C@@H](CC(C)C)[C@@H](O)C[C@@H](C)C(=O)N[C@@H](CC(C)C)C(=O)NCC(C)C. The maximum absolute atomic E-state index is 13.7. The highest BCUT2D eigenvalue weighted by atomic mass is 32.2. The van der Waals surface area contributed by atoms with E-state index in [-0.39, 0.29) is 59.6 Å². The standard InChI is InChI=1S/C37H71N5O6S/c1-22(2)16-28(31(43)19-26(9)33(45)42-29(17-23(3)4)34(46)38-21-25(7)8)41-35(47)27(14-15-49-13)40-36(48)30(18-24(5)6)39-32(44)20-37(10,11)12/h22-31,43H,14-21H2,1-13H3,(H,38,46)(H,39,44)(H,40,48)(H,41,47)(H,42,45)/t26-,27+,28+,29+,30+,31+/m1/s1. The number of amides is 5. The molecule has 0 rings (SSSR count). The summed E-state index contributed by atoms with van der Waals surface area (Å²) in [6.07, 6.45) is 2.93. The molecule has 0 aliphatic carbocycles. The lowest BCUT2D eigenvalue weighted by molar-refractivity contribution is -0.133. The first-order valence-electron chi connectivity index (χ1n) is 18.2. The smallest absolute Gasteiger partial charge is 0.243 e. The molecule has 0 heterocycles. The topological polar surface area (TPSA) is 166 Å². The van der Waals surface area contributed by atoms with Crippen molar-refractivity contribution >= 4 is 41.3 Å². The number of aliphatic hydroxyl groups is 1. The van der Waals surface area contributed by atoms with E-state index >= 15 is 0 Å². The first-order chi connectivity index (χ1) is 22.6. The van der Waals surface area contributed by atoms with Crippen LogP contribution >= 0.6 is 11.8 Å². The minimum Gasteiger partial charge on any atom is -0.391 e. The van der Waals surface area contributed by atoms with Crippen LogP contribution in [-0.4, -0.2) is 83.5 Å². The van der Waals surface area contributed by atoms with Gasteiger partial charge in [0.15, 0.2) is 0 Å². The fourth-order valence-corrected chi connectivity index (χ4v) is 5.86. The van der Waals surface area contributed by atoms with E-state index in [4.69, 9.17) is 0 Å². The molecule has 0 aromatic heterocycles. The van der Waals surface area contributed by atoms with Gasteiger partial charge >= 0.3 is 0 Å². The van der Waals surface area contributed by atoms with Gasteiger partial charge in [-0.25, -0.2) is 0 Å². The Labute approximate surface area is 301 Å². The van der Waals surface area contributed by atoms with Crippen molar-refractivity contribution in [2.24, 2.45) is 35.0 Å². The maximum atomic E-state index is 13.7. The van der Waals surface area contributed by atoms with Crippen molar-refractivity contribution in [2.75, 3.05) is 18.6 Å². The monoisotopic (exact) mass is 714 g/mol. The summed E-state index contributed by atoms with van der Waals surface area (Å²) < 4.78 is 0. The Bertz CT molecular complexity index is 1030. The third kappa shape index (κ3) is 21.5. The third-order valence-electron chi connectivity index (χ3n) is 7.88. The van der Waals surface area contributed by atoms with Crippen LogP contribution in [0.25, 0.3) is 0 Å². The van der Waals surface area contributed by atoms with Crippen LogP contribution in [-0.2, 0) is 24.0 Å². The minimum absolute atomic E-state index is 0.0730. The summed E-state index contributed by atoms with van der Waals surface area (Å²) in [7, 11) is 0. The first kappa shape index (κ1) is 46.7. The Kier molecular flexibility index (Phi) is 22.1. The van der Waals surface area contributed by atoms with E-state index in [9.17, 15) is 29.1 Å². The number of aliphatic hydroxyl groups excluding tert-OH is 1. The summed E-state index contributed by atoms with van der Waals surface area (Å²) in [5, 5.41) is 25.9. The molecule has 0 aliphatic rings. The zero-order valence-corrected chi connectivity index (χ0v) is 33.6. The normalized spacial score (nSPS) is 15.7. The van der Waals surface area contributed by atoms with E-state index in [2.05, 4.69) is 26.6 Å². The minimum atomic E-state index is -1.05. The molecule has 5 amide bonds. The first-order valence-corrected chi connectivity index (χ1v) is 19.6. The Balaban J connectivity index is 5.84. The lowest BCUT2D eigenvalue weighted by Gasteiger charge is -2.30. The van der Waals surface area contributed by atoms with Crippen LogP contribution in [0.5, 0.6) is 0 Å². The molecule has 0 saturated heterocycles. The number of thioether (sulfide) groups is 1. The van der Waals surface area contributed by atoms with Crippen LogP contribution in [0.2, 0.25) is 0 Å². The number of rotatable bonds is 23. The van der Waals surface area contributed by atoms with Gasteiger partial charge in [0.2, 0.25) is 29.5 Å². The lowest BCUT2D eigenvalue weighted by Crippen LogP contribution is -2.57. The van der Waals surface area contributed by atoms with E-state index in [1.165, 1.54) is 0 Å². The van der Waals surface area contributed by atoms with Crippen molar-refractivity contribution in [3.63, 3.8) is 0 Å². The summed E-state index contributed by atoms with van der Waals surface area (Å²) >= 11 is 1.55. The molecule has 11 nitrogen and oxygen atoms in total. The molecule has 12 heteroatoms.